The molecule has 2 aromatic rings. The van der Waals surface area contributed by atoms with Gasteiger partial charge in [-0.25, -0.2) is 0 Å². The van der Waals surface area contributed by atoms with Gasteiger partial charge in [0.15, 0.2) is 0 Å². The van der Waals surface area contributed by atoms with E-state index in [0.717, 1.165) is 6.08 Å². The lowest BCUT2D eigenvalue weighted by Gasteiger charge is -2.18. The molecule has 0 saturated heterocycles. The molecule has 2 aromatic carbocycles. The lowest BCUT2D eigenvalue weighted by molar-refractivity contribution is -0.139. The van der Waals surface area contributed by atoms with Gasteiger partial charge in [-0.1, -0.05) is 56.1 Å². The Balaban J connectivity index is 2.12. The van der Waals surface area contributed by atoms with Crippen LogP contribution in [0.3, 0.4) is 0 Å². The summed E-state index contributed by atoms with van der Waals surface area (Å²) < 4.78 is 78.3. The van der Waals surface area contributed by atoms with Gasteiger partial charge in [0.1, 0.15) is 6.54 Å². The van der Waals surface area contributed by atoms with Gasteiger partial charge in [0.05, 0.1) is 12.5 Å². The minimum absolute atomic E-state index is 0.0292. The molecule has 2 amide bonds. The van der Waals surface area contributed by atoms with Crippen LogP contribution in [0.5, 0.6) is 0 Å². The quantitative estimate of drug-likeness (QED) is 0.360. The maximum Gasteiger partial charge on any atom is 0.405 e. The Bertz CT molecular complexity index is 1060. The maximum atomic E-state index is 13.7. The number of carbonyl (C=O) groups excluding carboxylic acids is 2. The van der Waals surface area contributed by atoms with Crippen molar-refractivity contribution in [2.24, 2.45) is 0 Å². The Morgan fingerprint density at radius 1 is 0.971 bits per heavy atom. The SMILES string of the molecule is Cc1cc(/C=C/C(c2cc(Br)cc(Br)c2)C(F)(F)F)ccc1C(=O)NCC(=O)NCC(F)(F)F. The highest BCUT2D eigenvalue weighted by Gasteiger charge is 2.39. The number of allylic oxidation sites excluding steroid dienone is 1. The Morgan fingerprint density at radius 2 is 1.59 bits per heavy atom. The summed E-state index contributed by atoms with van der Waals surface area (Å²) in [6.07, 6.45) is -6.82. The fourth-order valence-corrected chi connectivity index (χ4v) is 4.26. The third-order valence-corrected chi connectivity index (χ3v) is 5.38. The molecule has 4 nitrogen and oxygen atoms in total. The number of hydrogen-bond donors (Lipinski definition) is 2. The molecule has 0 aliphatic heterocycles. The highest BCUT2D eigenvalue weighted by atomic mass is 79.9. The van der Waals surface area contributed by atoms with E-state index in [1.54, 1.807) is 18.3 Å². The first-order valence-corrected chi connectivity index (χ1v) is 11.2. The fraction of sp³-hybridized carbons (Fsp3) is 0.273. The summed E-state index contributed by atoms with van der Waals surface area (Å²) in [7, 11) is 0. The second kappa shape index (κ2) is 11.4. The molecule has 0 aromatic heterocycles. The summed E-state index contributed by atoms with van der Waals surface area (Å²) in [6.45, 7) is -0.633. The molecule has 0 radical (unpaired) electrons. The normalized spacial score (nSPS) is 13.1. The molecule has 2 N–H and O–H groups in total. The van der Waals surface area contributed by atoms with Crippen molar-refractivity contribution in [3.63, 3.8) is 0 Å². The molecule has 34 heavy (non-hydrogen) atoms. The zero-order chi connectivity index (χ0) is 25.7. The number of alkyl halides is 6. The highest BCUT2D eigenvalue weighted by Crippen LogP contribution is 2.38. The predicted octanol–water partition coefficient (Wildman–Crippen LogP) is 6.29. The van der Waals surface area contributed by atoms with Crippen LogP contribution < -0.4 is 10.6 Å². The van der Waals surface area contributed by atoms with Gasteiger partial charge in [0.2, 0.25) is 5.91 Å². The van der Waals surface area contributed by atoms with Crippen molar-refractivity contribution in [1.82, 2.24) is 10.6 Å². The largest absolute Gasteiger partial charge is 0.405 e. The van der Waals surface area contributed by atoms with E-state index in [9.17, 15) is 35.9 Å². The van der Waals surface area contributed by atoms with Crippen LogP contribution in [0.15, 0.2) is 51.4 Å². The van der Waals surface area contributed by atoms with Crippen LogP contribution in [0.25, 0.3) is 6.08 Å². The summed E-state index contributed by atoms with van der Waals surface area (Å²) in [5.41, 5.74) is 0.968. The van der Waals surface area contributed by atoms with Crippen molar-refractivity contribution in [3.05, 3.63) is 73.7 Å². The van der Waals surface area contributed by atoms with Crippen molar-refractivity contribution < 1.29 is 35.9 Å². The summed E-state index contributed by atoms with van der Waals surface area (Å²) in [6, 6.07) is 8.63. The van der Waals surface area contributed by atoms with E-state index in [4.69, 9.17) is 0 Å². The molecule has 184 valence electrons. The van der Waals surface area contributed by atoms with E-state index in [1.807, 2.05) is 0 Å². The van der Waals surface area contributed by atoms with Crippen LogP contribution in [0.2, 0.25) is 0 Å². The molecular formula is C22H18Br2F6N2O2. The number of amides is 2. The smallest absolute Gasteiger partial charge is 0.345 e. The lowest BCUT2D eigenvalue weighted by atomic mass is 9.96. The van der Waals surface area contributed by atoms with Crippen molar-refractivity contribution in [1.29, 1.82) is 0 Å². The topological polar surface area (TPSA) is 58.2 Å². The molecule has 0 fully saturated rings. The second-order valence-corrected chi connectivity index (χ2v) is 9.06. The van der Waals surface area contributed by atoms with Gasteiger partial charge in [0.25, 0.3) is 5.91 Å². The molecule has 1 atom stereocenters. The number of benzene rings is 2. The number of rotatable bonds is 7. The van der Waals surface area contributed by atoms with Crippen LogP contribution in [-0.2, 0) is 4.79 Å². The zero-order valence-electron chi connectivity index (χ0n) is 17.5. The first-order valence-electron chi connectivity index (χ1n) is 9.59. The van der Waals surface area contributed by atoms with Crippen LogP contribution >= 0.6 is 31.9 Å². The Hall–Kier alpha value is -2.34. The molecular weight excluding hydrogens is 598 g/mol. The first kappa shape index (κ1) is 27.9. The van der Waals surface area contributed by atoms with Crippen molar-refractivity contribution in [2.75, 3.05) is 13.1 Å². The molecule has 0 aliphatic carbocycles. The van der Waals surface area contributed by atoms with Crippen LogP contribution in [0, 0.1) is 6.92 Å². The average molecular weight is 616 g/mol. The first-order chi connectivity index (χ1) is 15.7. The van der Waals surface area contributed by atoms with Gasteiger partial charge in [-0.3, -0.25) is 9.59 Å². The summed E-state index contributed by atoms with van der Waals surface area (Å²) in [5, 5.41) is 3.83. The molecule has 12 heteroatoms. The van der Waals surface area contributed by atoms with Gasteiger partial charge in [-0.2, -0.15) is 26.3 Å². The van der Waals surface area contributed by atoms with Crippen molar-refractivity contribution in [2.45, 2.75) is 25.2 Å². The highest BCUT2D eigenvalue weighted by molar-refractivity contribution is 9.11. The van der Waals surface area contributed by atoms with Crippen LogP contribution in [0.1, 0.15) is 33.0 Å². The van der Waals surface area contributed by atoms with Crippen molar-refractivity contribution in [3.8, 4) is 0 Å². The molecule has 0 saturated carbocycles. The van der Waals surface area contributed by atoms with E-state index in [0.29, 0.717) is 20.1 Å². The Labute approximate surface area is 208 Å². The summed E-state index contributed by atoms with van der Waals surface area (Å²) >= 11 is 6.36. The maximum absolute atomic E-state index is 13.7. The molecule has 1 unspecified atom stereocenters. The van der Waals surface area contributed by atoms with E-state index in [2.05, 4.69) is 37.2 Å². The monoisotopic (exact) mass is 614 g/mol. The summed E-state index contributed by atoms with van der Waals surface area (Å²) in [4.78, 5) is 23.7. The van der Waals surface area contributed by atoms with Gasteiger partial charge in [-0.05, 0) is 47.9 Å². The third kappa shape index (κ3) is 8.79. The molecule has 0 spiro atoms. The van der Waals surface area contributed by atoms with E-state index in [1.165, 1.54) is 36.4 Å². The number of halogens is 8. The van der Waals surface area contributed by atoms with Crippen molar-refractivity contribution >= 4 is 49.8 Å². The average Bonchev–Trinajstić information content (AvgIpc) is 2.68. The van der Waals surface area contributed by atoms with Gasteiger partial charge < -0.3 is 10.6 Å². The zero-order valence-corrected chi connectivity index (χ0v) is 20.6. The number of nitrogens with one attached hydrogen (secondary N) is 2. The summed E-state index contributed by atoms with van der Waals surface area (Å²) in [5.74, 6) is -3.60. The lowest BCUT2D eigenvalue weighted by Crippen LogP contribution is -2.41. The molecule has 0 aliphatic rings. The second-order valence-electron chi connectivity index (χ2n) is 7.23. The van der Waals surface area contributed by atoms with E-state index in [-0.39, 0.29) is 11.1 Å². The van der Waals surface area contributed by atoms with Crippen LogP contribution in [-0.4, -0.2) is 37.3 Å². The van der Waals surface area contributed by atoms with Gasteiger partial charge >= 0.3 is 12.4 Å². The van der Waals surface area contributed by atoms with Crippen LogP contribution in [0.4, 0.5) is 26.3 Å². The van der Waals surface area contributed by atoms with E-state index >= 15 is 0 Å². The fourth-order valence-electron chi connectivity index (χ4n) is 2.93. The molecule has 0 bridgehead atoms. The Morgan fingerprint density at radius 3 is 2.12 bits per heavy atom. The Kier molecular flexibility index (Phi) is 9.35. The van der Waals surface area contributed by atoms with E-state index < -0.39 is 43.2 Å². The van der Waals surface area contributed by atoms with Gasteiger partial charge in [0, 0.05) is 14.5 Å². The number of carbonyl (C=O) groups is 2. The third-order valence-electron chi connectivity index (χ3n) is 4.47. The minimum Gasteiger partial charge on any atom is -0.345 e. The predicted molar refractivity (Wildman–Crippen MR) is 122 cm³/mol. The van der Waals surface area contributed by atoms with Gasteiger partial charge in [-0.15, -0.1) is 0 Å². The molecule has 0 heterocycles. The number of aryl methyl sites for hydroxylation is 1. The standard InChI is InChI=1S/C22H18Br2F6N2O2/c1-12-6-13(2-4-17(12)20(34)31-10-19(33)32-11-21(25,26)27)3-5-18(22(28,29)30)14-7-15(23)9-16(24)8-14/h2-9,18H,10-11H2,1H3,(H,31,34)(H,32,33)/b5-3+. The minimum atomic E-state index is -4.57. The molecule has 2 rings (SSSR count). The number of hydrogen-bond acceptors (Lipinski definition) is 2.